The minimum atomic E-state index is 0.491. The molecule has 1 aliphatic heterocycles. The number of ether oxygens (including phenoxy) is 2. The van der Waals surface area contributed by atoms with Gasteiger partial charge in [-0.1, -0.05) is 13.0 Å². The van der Waals surface area contributed by atoms with Crippen LogP contribution in [-0.4, -0.2) is 18.8 Å². The Labute approximate surface area is 111 Å². The SMILES string of the molecule is CCOc1ccc(CCC2OC2CC)cc1Br. The maximum absolute atomic E-state index is 5.54. The quantitative estimate of drug-likeness (QED) is 0.742. The van der Waals surface area contributed by atoms with E-state index in [0.29, 0.717) is 18.8 Å². The summed E-state index contributed by atoms with van der Waals surface area (Å²) in [5.41, 5.74) is 1.34. The molecule has 2 rings (SSSR count). The van der Waals surface area contributed by atoms with E-state index >= 15 is 0 Å². The number of epoxide rings is 1. The third-order valence-electron chi connectivity index (χ3n) is 3.10. The number of rotatable bonds is 6. The molecule has 0 saturated carbocycles. The highest BCUT2D eigenvalue weighted by Crippen LogP contribution is 2.31. The molecule has 94 valence electrons. The van der Waals surface area contributed by atoms with Crippen LogP contribution in [0.2, 0.25) is 0 Å². The van der Waals surface area contributed by atoms with Crippen LogP contribution < -0.4 is 4.74 Å². The van der Waals surface area contributed by atoms with Crippen molar-refractivity contribution in [1.29, 1.82) is 0 Å². The summed E-state index contributed by atoms with van der Waals surface area (Å²) in [7, 11) is 0. The van der Waals surface area contributed by atoms with Gasteiger partial charge in [-0.2, -0.15) is 0 Å². The van der Waals surface area contributed by atoms with Gasteiger partial charge < -0.3 is 9.47 Å². The van der Waals surface area contributed by atoms with E-state index in [-0.39, 0.29) is 0 Å². The Bertz CT molecular complexity index is 378. The van der Waals surface area contributed by atoms with Crippen LogP contribution in [0.1, 0.15) is 32.3 Å². The third-order valence-corrected chi connectivity index (χ3v) is 3.72. The summed E-state index contributed by atoms with van der Waals surface area (Å²) in [4.78, 5) is 0. The summed E-state index contributed by atoms with van der Waals surface area (Å²) < 4.78 is 12.1. The van der Waals surface area contributed by atoms with Gasteiger partial charge in [0, 0.05) is 0 Å². The zero-order chi connectivity index (χ0) is 12.3. The second-order valence-corrected chi connectivity index (χ2v) is 5.21. The van der Waals surface area contributed by atoms with E-state index in [1.165, 1.54) is 5.56 Å². The molecule has 0 bridgehead atoms. The minimum absolute atomic E-state index is 0.491. The maximum Gasteiger partial charge on any atom is 0.133 e. The zero-order valence-electron chi connectivity index (χ0n) is 10.4. The van der Waals surface area contributed by atoms with Gasteiger partial charge in [-0.25, -0.2) is 0 Å². The molecule has 1 aliphatic rings. The van der Waals surface area contributed by atoms with Crippen LogP contribution in [0, 0.1) is 0 Å². The predicted molar refractivity (Wildman–Crippen MR) is 72.6 cm³/mol. The molecule has 2 nitrogen and oxygen atoms in total. The number of benzene rings is 1. The fraction of sp³-hybridized carbons (Fsp3) is 0.571. The first-order chi connectivity index (χ1) is 8.24. The number of hydrogen-bond donors (Lipinski definition) is 0. The molecule has 1 saturated heterocycles. The van der Waals surface area contributed by atoms with E-state index < -0.39 is 0 Å². The van der Waals surface area contributed by atoms with Crippen molar-refractivity contribution in [3.63, 3.8) is 0 Å². The Morgan fingerprint density at radius 1 is 1.29 bits per heavy atom. The molecule has 1 aromatic carbocycles. The summed E-state index contributed by atoms with van der Waals surface area (Å²) in [5.74, 6) is 0.922. The first kappa shape index (κ1) is 12.9. The summed E-state index contributed by atoms with van der Waals surface area (Å²) in [6, 6.07) is 6.32. The molecule has 0 aliphatic carbocycles. The molecule has 0 N–H and O–H groups in total. The van der Waals surface area contributed by atoms with E-state index in [1.54, 1.807) is 0 Å². The lowest BCUT2D eigenvalue weighted by molar-refractivity contribution is 0.338. The minimum Gasteiger partial charge on any atom is -0.493 e. The van der Waals surface area contributed by atoms with Crippen LogP contribution in [-0.2, 0) is 11.2 Å². The van der Waals surface area contributed by atoms with Crippen LogP contribution in [0.25, 0.3) is 0 Å². The normalized spacial score (nSPS) is 22.5. The monoisotopic (exact) mass is 298 g/mol. The Kier molecular flexibility index (Phi) is 4.46. The molecule has 0 aromatic heterocycles. The number of hydrogen-bond acceptors (Lipinski definition) is 2. The maximum atomic E-state index is 5.54. The van der Waals surface area contributed by atoms with Crippen molar-refractivity contribution in [2.24, 2.45) is 0 Å². The Morgan fingerprint density at radius 2 is 2.12 bits per heavy atom. The second kappa shape index (κ2) is 5.87. The van der Waals surface area contributed by atoms with Gasteiger partial charge in [0.1, 0.15) is 5.75 Å². The zero-order valence-corrected chi connectivity index (χ0v) is 12.0. The summed E-state index contributed by atoms with van der Waals surface area (Å²) in [6.45, 7) is 4.87. The van der Waals surface area contributed by atoms with Crippen molar-refractivity contribution >= 4 is 15.9 Å². The highest BCUT2D eigenvalue weighted by Gasteiger charge is 2.35. The van der Waals surface area contributed by atoms with Crippen molar-refractivity contribution < 1.29 is 9.47 Å². The molecule has 1 fully saturated rings. The van der Waals surface area contributed by atoms with Crippen molar-refractivity contribution in [3.8, 4) is 5.75 Å². The number of halogens is 1. The third kappa shape index (κ3) is 3.46. The van der Waals surface area contributed by atoms with Gasteiger partial charge in [0.25, 0.3) is 0 Å². The van der Waals surface area contributed by atoms with E-state index in [0.717, 1.165) is 29.5 Å². The van der Waals surface area contributed by atoms with Crippen molar-refractivity contribution in [3.05, 3.63) is 28.2 Å². The molecule has 1 heterocycles. The standard InChI is InChI=1S/C14H19BrO2/c1-3-12-14(17-12)8-6-10-5-7-13(16-4-2)11(15)9-10/h5,7,9,12,14H,3-4,6,8H2,1-2H3. The van der Waals surface area contributed by atoms with E-state index in [1.807, 2.05) is 13.0 Å². The Morgan fingerprint density at radius 3 is 2.71 bits per heavy atom. The fourth-order valence-electron chi connectivity index (χ4n) is 2.07. The largest absolute Gasteiger partial charge is 0.493 e. The van der Waals surface area contributed by atoms with Crippen molar-refractivity contribution in [1.82, 2.24) is 0 Å². The van der Waals surface area contributed by atoms with Gasteiger partial charge in [-0.15, -0.1) is 0 Å². The average molecular weight is 299 g/mol. The van der Waals surface area contributed by atoms with E-state index in [9.17, 15) is 0 Å². The van der Waals surface area contributed by atoms with Gasteiger partial charge in [-0.05, 0) is 59.8 Å². The average Bonchev–Trinajstić information content (AvgIpc) is 3.08. The molecule has 2 atom stereocenters. The van der Waals surface area contributed by atoms with E-state index in [4.69, 9.17) is 9.47 Å². The lowest BCUT2D eigenvalue weighted by Crippen LogP contribution is -1.97. The highest BCUT2D eigenvalue weighted by molar-refractivity contribution is 9.10. The first-order valence-corrected chi connectivity index (χ1v) is 7.10. The number of aryl methyl sites for hydroxylation is 1. The topological polar surface area (TPSA) is 21.8 Å². The second-order valence-electron chi connectivity index (χ2n) is 4.36. The van der Waals surface area contributed by atoms with Crippen LogP contribution in [0.5, 0.6) is 5.75 Å². The van der Waals surface area contributed by atoms with E-state index in [2.05, 4.69) is 35.0 Å². The summed E-state index contributed by atoms with van der Waals surface area (Å²) in [5, 5.41) is 0. The Hall–Kier alpha value is -0.540. The van der Waals surface area contributed by atoms with Crippen molar-refractivity contribution in [2.75, 3.05) is 6.61 Å². The smallest absolute Gasteiger partial charge is 0.133 e. The van der Waals surface area contributed by atoms with Crippen LogP contribution in [0.4, 0.5) is 0 Å². The van der Waals surface area contributed by atoms with Gasteiger partial charge in [0.05, 0.1) is 23.3 Å². The summed E-state index contributed by atoms with van der Waals surface area (Å²) >= 11 is 3.54. The molecular weight excluding hydrogens is 280 g/mol. The van der Waals surface area contributed by atoms with Crippen LogP contribution in [0.3, 0.4) is 0 Å². The lowest BCUT2D eigenvalue weighted by atomic mass is 10.1. The molecule has 0 amide bonds. The lowest BCUT2D eigenvalue weighted by Gasteiger charge is -2.07. The van der Waals surface area contributed by atoms with Crippen LogP contribution >= 0.6 is 15.9 Å². The molecule has 1 aromatic rings. The molecule has 0 radical (unpaired) electrons. The van der Waals surface area contributed by atoms with Gasteiger partial charge in [0.15, 0.2) is 0 Å². The summed E-state index contributed by atoms with van der Waals surface area (Å²) in [6.07, 6.45) is 4.34. The Balaban J connectivity index is 1.87. The molecule has 0 spiro atoms. The molecular formula is C14H19BrO2. The van der Waals surface area contributed by atoms with Gasteiger partial charge in [-0.3, -0.25) is 0 Å². The molecule has 2 unspecified atom stereocenters. The predicted octanol–water partition coefficient (Wildman–Crippen LogP) is 3.96. The molecule has 3 heteroatoms. The van der Waals surface area contributed by atoms with Gasteiger partial charge in [0.2, 0.25) is 0 Å². The first-order valence-electron chi connectivity index (χ1n) is 6.31. The van der Waals surface area contributed by atoms with Gasteiger partial charge >= 0.3 is 0 Å². The molecule has 17 heavy (non-hydrogen) atoms. The highest BCUT2D eigenvalue weighted by atomic mass is 79.9. The van der Waals surface area contributed by atoms with Crippen molar-refractivity contribution in [2.45, 2.75) is 45.3 Å². The van der Waals surface area contributed by atoms with Crippen LogP contribution in [0.15, 0.2) is 22.7 Å². The fourth-order valence-corrected chi connectivity index (χ4v) is 2.61.